The summed E-state index contributed by atoms with van der Waals surface area (Å²) in [6, 6.07) is 4.88. The normalized spacial score (nSPS) is 11.5. The second-order valence-electron chi connectivity index (χ2n) is 4.09. The molecule has 8 nitrogen and oxygen atoms in total. The fraction of sp³-hybridized carbons (Fsp3) is 0.333. The van der Waals surface area contributed by atoms with Crippen LogP contribution >= 0.6 is 0 Å². The molecule has 20 heavy (non-hydrogen) atoms. The van der Waals surface area contributed by atoms with Gasteiger partial charge in [0.25, 0.3) is 5.69 Å². The summed E-state index contributed by atoms with van der Waals surface area (Å²) in [4.78, 5) is 33.0. The maximum Gasteiger partial charge on any atom is 0.313 e. The summed E-state index contributed by atoms with van der Waals surface area (Å²) in [5.74, 6) is -1.64. The van der Waals surface area contributed by atoms with Gasteiger partial charge in [-0.1, -0.05) is 0 Å². The molecule has 0 saturated heterocycles. The minimum Gasteiger partial charge on any atom is -0.383 e. The number of carbonyl (C=O) groups excluding carboxylic acids is 2. The van der Waals surface area contributed by atoms with E-state index >= 15 is 0 Å². The molecule has 2 amide bonds. The summed E-state index contributed by atoms with van der Waals surface area (Å²) in [5.41, 5.74) is 0.205. The topological polar surface area (TPSA) is 111 Å². The summed E-state index contributed by atoms with van der Waals surface area (Å²) < 4.78 is 4.83. The standard InChI is InChI=1S/C12H15N3O5/c1-8(7-20-2)13-11(16)12(17)14-9-3-5-10(6-4-9)15(18)19/h3-6,8H,7H2,1-2H3,(H,13,16)(H,14,17)/t8-/m0/s1. The Hall–Kier alpha value is -2.48. The van der Waals surface area contributed by atoms with Crippen molar-refractivity contribution < 1.29 is 19.2 Å². The van der Waals surface area contributed by atoms with Crippen molar-refractivity contribution in [3.8, 4) is 0 Å². The van der Waals surface area contributed by atoms with E-state index in [0.29, 0.717) is 5.69 Å². The second-order valence-corrected chi connectivity index (χ2v) is 4.09. The molecule has 8 heteroatoms. The zero-order valence-corrected chi connectivity index (χ0v) is 11.1. The summed E-state index contributed by atoms with van der Waals surface area (Å²) in [6.07, 6.45) is 0. The number of nitro groups is 1. The molecule has 0 saturated carbocycles. The van der Waals surface area contributed by atoms with Crippen LogP contribution in [0.3, 0.4) is 0 Å². The van der Waals surface area contributed by atoms with E-state index in [4.69, 9.17) is 4.74 Å². The molecule has 0 unspecified atom stereocenters. The number of non-ortho nitro benzene ring substituents is 1. The van der Waals surface area contributed by atoms with Gasteiger partial charge in [-0.15, -0.1) is 0 Å². The number of hydrogen-bond donors (Lipinski definition) is 2. The van der Waals surface area contributed by atoms with Crippen LogP contribution in [0.1, 0.15) is 6.92 Å². The largest absolute Gasteiger partial charge is 0.383 e. The van der Waals surface area contributed by atoms with Gasteiger partial charge in [-0.2, -0.15) is 0 Å². The average molecular weight is 281 g/mol. The van der Waals surface area contributed by atoms with Crippen LogP contribution in [0, 0.1) is 10.1 Å². The summed E-state index contributed by atoms with van der Waals surface area (Å²) in [6.45, 7) is 1.98. The van der Waals surface area contributed by atoms with Crippen molar-refractivity contribution in [3.05, 3.63) is 34.4 Å². The number of benzene rings is 1. The fourth-order valence-electron chi connectivity index (χ4n) is 1.44. The Bertz CT molecular complexity index is 500. The Morgan fingerprint density at radius 1 is 1.30 bits per heavy atom. The number of rotatable bonds is 5. The minimum atomic E-state index is -0.846. The first kappa shape index (κ1) is 15.6. The quantitative estimate of drug-likeness (QED) is 0.468. The van der Waals surface area contributed by atoms with Crippen molar-refractivity contribution >= 4 is 23.2 Å². The number of ether oxygens (including phenoxy) is 1. The molecule has 0 heterocycles. The Kier molecular flexibility index (Phi) is 5.60. The van der Waals surface area contributed by atoms with Crippen LogP contribution < -0.4 is 10.6 Å². The van der Waals surface area contributed by atoms with Gasteiger partial charge in [0.2, 0.25) is 0 Å². The van der Waals surface area contributed by atoms with Crippen LogP contribution in [0.4, 0.5) is 11.4 Å². The summed E-state index contributed by atoms with van der Waals surface area (Å²) >= 11 is 0. The van der Waals surface area contributed by atoms with Crippen molar-refractivity contribution in [2.45, 2.75) is 13.0 Å². The molecule has 2 N–H and O–H groups in total. The van der Waals surface area contributed by atoms with Gasteiger partial charge in [0.15, 0.2) is 0 Å². The molecule has 0 aliphatic rings. The Morgan fingerprint density at radius 2 is 1.90 bits per heavy atom. The van der Waals surface area contributed by atoms with Crippen LogP contribution in [0.25, 0.3) is 0 Å². The van der Waals surface area contributed by atoms with Crippen molar-refractivity contribution in [2.24, 2.45) is 0 Å². The molecule has 108 valence electrons. The predicted molar refractivity (Wildman–Crippen MR) is 71.2 cm³/mol. The first-order valence-corrected chi connectivity index (χ1v) is 5.79. The third-order valence-electron chi connectivity index (χ3n) is 2.34. The van der Waals surface area contributed by atoms with E-state index in [1.54, 1.807) is 6.92 Å². The van der Waals surface area contributed by atoms with Crippen LogP contribution in [0.5, 0.6) is 0 Å². The van der Waals surface area contributed by atoms with Gasteiger partial charge in [-0.05, 0) is 19.1 Å². The summed E-state index contributed by atoms with van der Waals surface area (Å²) in [7, 11) is 1.49. The number of amides is 2. The lowest BCUT2D eigenvalue weighted by atomic mass is 10.3. The van der Waals surface area contributed by atoms with E-state index in [-0.39, 0.29) is 18.3 Å². The molecule has 0 radical (unpaired) electrons. The zero-order valence-electron chi connectivity index (χ0n) is 11.1. The molecule has 1 aromatic rings. The predicted octanol–water partition coefficient (Wildman–Crippen LogP) is 0.684. The molecular weight excluding hydrogens is 266 g/mol. The number of hydrogen-bond acceptors (Lipinski definition) is 5. The first-order chi connectivity index (χ1) is 9.43. The molecule has 0 fully saturated rings. The van der Waals surface area contributed by atoms with E-state index in [1.807, 2.05) is 0 Å². The van der Waals surface area contributed by atoms with Gasteiger partial charge in [0.1, 0.15) is 0 Å². The number of nitrogens with one attached hydrogen (secondary N) is 2. The molecule has 1 rings (SSSR count). The highest BCUT2D eigenvalue weighted by Gasteiger charge is 2.16. The van der Waals surface area contributed by atoms with E-state index in [2.05, 4.69) is 10.6 Å². The van der Waals surface area contributed by atoms with E-state index in [1.165, 1.54) is 31.4 Å². The van der Waals surface area contributed by atoms with Crippen LogP contribution in [0.15, 0.2) is 24.3 Å². The molecule has 0 bridgehead atoms. The van der Waals surface area contributed by atoms with Gasteiger partial charge in [0, 0.05) is 31.0 Å². The molecule has 0 aromatic heterocycles. The lowest BCUT2D eigenvalue weighted by Gasteiger charge is -2.12. The lowest BCUT2D eigenvalue weighted by molar-refractivity contribution is -0.384. The third kappa shape index (κ3) is 4.65. The average Bonchev–Trinajstić information content (AvgIpc) is 2.39. The van der Waals surface area contributed by atoms with Gasteiger partial charge in [-0.3, -0.25) is 19.7 Å². The Balaban J connectivity index is 2.57. The zero-order chi connectivity index (χ0) is 15.1. The molecule has 1 atom stereocenters. The summed E-state index contributed by atoms with van der Waals surface area (Å²) in [5, 5.41) is 15.3. The van der Waals surface area contributed by atoms with Crippen molar-refractivity contribution in [2.75, 3.05) is 19.0 Å². The monoisotopic (exact) mass is 281 g/mol. The number of nitro benzene ring substituents is 1. The molecule has 0 aliphatic carbocycles. The highest BCUT2D eigenvalue weighted by atomic mass is 16.6. The Labute approximate surface area is 115 Å². The van der Waals surface area contributed by atoms with Crippen LogP contribution in [0.2, 0.25) is 0 Å². The van der Waals surface area contributed by atoms with E-state index < -0.39 is 16.7 Å². The van der Waals surface area contributed by atoms with Gasteiger partial charge < -0.3 is 15.4 Å². The number of nitrogens with zero attached hydrogens (tertiary/aromatic N) is 1. The fourth-order valence-corrected chi connectivity index (χ4v) is 1.44. The smallest absolute Gasteiger partial charge is 0.313 e. The maximum atomic E-state index is 11.6. The van der Waals surface area contributed by atoms with Crippen molar-refractivity contribution in [1.29, 1.82) is 0 Å². The number of carbonyl (C=O) groups is 2. The number of anilines is 1. The second kappa shape index (κ2) is 7.19. The first-order valence-electron chi connectivity index (χ1n) is 5.79. The molecular formula is C12H15N3O5. The van der Waals surface area contributed by atoms with E-state index in [0.717, 1.165) is 0 Å². The van der Waals surface area contributed by atoms with Crippen LogP contribution in [-0.4, -0.2) is 36.5 Å². The SMILES string of the molecule is COC[C@H](C)NC(=O)C(=O)Nc1ccc([N+](=O)[O-])cc1. The lowest BCUT2D eigenvalue weighted by Crippen LogP contribution is -2.42. The third-order valence-corrected chi connectivity index (χ3v) is 2.34. The van der Waals surface area contributed by atoms with E-state index in [9.17, 15) is 19.7 Å². The van der Waals surface area contributed by atoms with Crippen LogP contribution in [-0.2, 0) is 14.3 Å². The van der Waals surface area contributed by atoms with Gasteiger partial charge in [-0.25, -0.2) is 0 Å². The van der Waals surface area contributed by atoms with Gasteiger partial charge >= 0.3 is 11.8 Å². The Morgan fingerprint density at radius 3 is 2.40 bits per heavy atom. The van der Waals surface area contributed by atoms with Crippen molar-refractivity contribution in [1.82, 2.24) is 5.32 Å². The highest BCUT2D eigenvalue weighted by molar-refractivity contribution is 6.39. The highest BCUT2D eigenvalue weighted by Crippen LogP contribution is 2.15. The molecule has 1 aromatic carbocycles. The van der Waals surface area contributed by atoms with Gasteiger partial charge in [0.05, 0.1) is 11.5 Å². The molecule has 0 aliphatic heterocycles. The minimum absolute atomic E-state index is 0.0961. The molecule has 0 spiro atoms. The maximum absolute atomic E-state index is 11.6. The number of methoxy groups -OCH3 is 1. The van der Waals surface area contributed by atoms with Crippen molar-refractivity contribution in [3.63, 3.8) is 0 Å².